The Bertz CT molecular complexity index is 600. The van der Waals surface area contributed by atoms with Crippen molar-refractivity contribution < 1.29 is 0 Å². The van der Waals surface area contributed by atoms with E-state index >= 15 is 0 Å². The van der Waals surface area contributed by atoms with E-state index in [9.17, 15) is 0 Å². The molecule has 2 aromatic rings. The number of aromatic nitrogens is 3. The molecule has 1 fully saturated rings. The summed E-state index contributed by atoms with van der Waals surface area (Å²) in [4.78, 5) is 8.34. The summed E-state index contributed by atoms with van der Waals surface area (Å²) in [6, 6.07) is 8.04. The smallest absolute Gasteiger partial charge is 0.188 e. The van der Waals surface area contributed by atoms with Gasteiger partial charge in [-0.25, -0.2) is 14.7 Å². The number of nitrogens with zero attached hydrogens (tertiary/aromatic N) is 4. The van der Waals surface area contributed by atoms with E-state index in [1.807, 2.05) is 24.3 Å². The highest BCUT2D eigenvalue weighted by molar-refractivity contribution is 5.77. The average Bonchev–Trinajstić information content (AvgIpc) is 2.98. The zero-order valence-corrected chi connectivity index (χ0v) is 11.9. The highest BCUT2D eigenvalue weighted by Gasteiger charge is 2.16. The van der Waals surface area contributed by atoms with Gasteiger partial charge in [0.05, 0.1) is 12.2 Å². The molecule has 1 aliphatic carbocycles. The Labute approximate surface area is 124 Å². The molecule has 1 heterocycles. The standard InChI is InChI=1S/C15H20N6/c16-15(18-8-12-3-1-4-12)19-9-13-5-2-6-14(7-13)21-11-17-10-20-21/h2,5-7,10-12H,1,3-4,8-9H2,(H3,16,18,19). The zero-order chi connectivity index (χ0) is 14.5. The van der Waals surface area contributed by atoms with Gasteiger partial charge in [-0.15, -0.1) is 0 Å². The van der Waals surface area contributed by atoms with E-state index < -0.39 is 0 Å². The van der Waals surface area contributed by atoms with Crippen LogP contribution in [-0.2, 0) is 6.54 Å². The molecule has 1 aliphatic rings. The van der Waals surface area contributed by atoms with Crippen molar-refractivity contribution in [2.24, 2.45) is 16.6 Å². The fourth-order valence-corrected chi connectivity index (χ4v) is 2.32. The summed E-state index contributed by atoms with van der Waals surface area (Å²) in [7, 11) is 0. The van der Waals surface area contributed by atoms with Crippen LogP contribution < -0.4 is 11.1 Å². The third-order valence-corrected chi connectivity index (χ3v) is 3.82. The number of nitrogens with two attached hydrogens (primary N) is 1. The second-order valence-corrected chi connectivity index (χ2v) is 5.39. The lowest BCUT2D eigenvalue weighted by molar-refractivity contribution is 0.315. The number of hydrogen-bond donors (Lipinski definition) is 2. The molecule has 0 unspecified atom stereocenters. The fraction of sp³-hybridized carbons (Fsp3) is 0.400. The molecule has 1 aromatic carbocycles. The average molecular weight is 284 g/mol. The lowest BCUT2D eigenvalue weighted by Gasteiger charge is -2.25. The second kappa shape index (κ2) is 6.39. The Hall–Kier alpha value is -2.37. The molecule has 0 radical (unpaired) electrons. The second-order valence-electron chi connectivity index (χ2n) is 5.39. The van der Waals surface area contributed by atoms with E-state index in [1.165, 1.54) is 25.6 Å². The van der Waals surface area contributed by atoms with Crippen LogP contribution in [0.2, 0.25) is 0 Å². The number of benzene rings is 1. The molecule has 0 aliphatic heterocycles. The first-order valence-corrected chi connectivity index (χ1v) is 7.29. The number of guanidine groups is 1. The topological polar surface area (TPSA) is 81.1 Å². The molecule has 6 heteroatoms. The lowest BCUT2D eigenvalue weighted by Crippen LogP contribution is -2.37. The molecule has 1 saturated carbocycles. The summed E-state index contributed by atoms with van der Waals surface area (Å²) in [6.07, 6.45) is 7.16. The molecule has 1 aromatic heterocycles. The Morgan fingerprint density at radius 3 is 3.05 bits per heavy atom. The van der Waals surface area contributed by atoms with Crippen LogP contribution in [0.5, 0.6) is 0 Å². The van der Waals surface area contributed by atoms with Crippen molar-refractivity contribution in [3.63, 3.8) is 0 Å². The first-order valence-electron chi connectivity index (χ1n) is 7.29. The van der Waals surface area contributed by atoms with Gasteiger partial charge in [-0.05, 0) is 36.5 Å². The van der Waals surface area contributed by atoms with Gasteiger partial charge in [-0.2, -0.15) is 5.10 Å². The highest BCUT2D eigenvalue weighted by atomic mass is 15.3. The first-order chi connectivity index (χ1) is 10.3. The third-order valence-electron chi connectivity index (χ3n) is 3.82. The zero-order valence-electron chi connectivity index (χ0n) is 11.9. The molecule has 21 heavy (non-hydrogen) atoms. The number of rotatable bonds is 5. The Morgan fingerprint density at radius 1 is 1.43 bits per heavy atom. The summed E-state index contributed by atoms with van der Waals surface area (Å²) in [5.74, 6) is 1.29. The minimum atomic E-state index is 0.521. The van der Waals surface area contributed by atoms with Crippen molar-refractivity contribution in [2.45, 2.75) is 25.8 Å². The predicted octanol–water partition coefficient (Wildman–Crippen LogP) is 1.47. The molecule has 0 amide bonds. The molecule has 110 valence electrons. The third kappa shape index (κ3) is 3.59. The summed E-state index contributed by atoms with van der Waals surface area (Å²) in [5, 5.41) is 7.32. The van der Waals surface area contributed by atoms with Crippen LogP contribution in [0.4, 0.5) is 0 Å². The van der Waals surface area contributed by atoms with Gasteiger partial charge < -0.3 is 11.1 Å². The lowest BCUT2D eigenvalue weighted by atomic mass is 9.85. The maximum Gasteiger partial charge on any atom is 0.188 e. The quantitative estimate of drug-likeness (QED) is 0.643. The van der Waals surface area contributed by atoms with Gasteiger partial charge in [0, 0.05) is 6.54 Å². The van der Waals surface area contributed by atoms with Gasteiger partial charge in [0.2, 0.25) is 0 Å². The Kier molecular flexibility index (Phi) is 4.14. The van der Waals surface area contributed by atoms with E-state index in [1.54, 1.807) is 11.0 Å². The van der Waals surface area contributed by atoms with Crippen LogP contribution in [-0.4, -0.2) is 27.3 Å². The summed E-state index contributed by atoms with van der Waals surface area (Å²) in [6.45, 7) is 1.50. The summed E-state index contributed by atoms with van der Waals surface area (Å²) in [5.41, 5.74) is 7.96. The molecule has 0 spiro atoms. The molecule has 0 atom stereocenters. The van der Waals surface area contributed by atoms with Crippen LogP contribution in [0.25, 0.3) is 5.69 Å². The SMILES string of the molecule is NC(=NCc1cccc(-n2cncn2)c1)NCC1CCC1. The summed E-state index contributed by atoms with van der Waals surface area (Å²) >= 11 is 0. The maximum absolute atomic E-state index is 5.89. The first kappa shape index (κ1) is 13.6. The van der Waals surface area contributed by atoms with Gasteiger partial charge >= 0.3 is 0 Å². The Morgan fingerprint density at radius 2 is 2.33 bits per heavy atom. The fourth-order valence-electron chi connectivity index (χ4n) is 2.32. The van der Waals surface area contributed by atoms with E-state index in [4.69, 9.17) is 5.73 Å². The molecule has 3 rings (SSSR count). The van der Waals surface area contributed by atoms with Gasteiger partial charge in [0.25, 0.3) is 0 Å². The normalized spacial score (nSPS) is 15.7. The van der Waals surface area contributed by atoms with Crippen molar-refractivity contribution in [1.82, 2.24) is 20.1 Å². The van der Waals surface area contributed by atoms with Gasteiger partial charge in [-0.3, -0.25) is 0 Å². The van der Waals surface area contributed by atoms with Crippen LogP contribution in [0.15, 0.2) is 41.9 Å². The van der Waals surface area contributed by atoms with Crippen LogP contribution >= 0.6 is 0 Å². The largest absolute Gasteiger partial charge is 0.370 e. The highest BCUT2D eigenvalue weighted by Crippen LogP contribution is 2.24. The number of aliphatic imine (C=N–C) groups is 1. The minimum Gasteiger partial charge on any atom is -0.370 e. The molecular weight excluding hydrogens is 264 g/mol. The summed E-state index contributed by atoms with van der Waals surface area (Å²) < 4.78 is 1.73. The molecule has 0 bridgehead atoms. The predicted molar refractivity (Wildman–Crippen MR) is 82.0 cm³/mol. The molecule has 6 nitrogen and oxygen atoms in total. The minimum absolute atomic E-state index is 0.521. The van der Waals surface area contributed by atoms with E-state index in [2.05, 4.69) is 20.4 Å². The molecule has 0 saturated heterocycles. The van der Waals surface area contributed by atoms with Gasteiger partial charge in [-0.1, -0.05) is 18.6 Å². The van der Waals surface area contributed by atoms with E-state index in [-0.39, 0.29) is 0 Å². The van der Waals surface area contributed by atoms with E-state index in [0.29, 0.717) is 12.5 Å². The van der Waals surface area contributed by atoms with Crippen LogP contribution in [0, 0.1) is 5.92 Å². The molecule has 3 N–H and O–H groups in total. The van der Waals surface area contributed by atoms with Gasteiger partial charge in [0.1, 0.15) is 12.7 Å². The number of nitrogens with one attached hydrogen (secondary N) is 1. The van der Waals surface area contributed by atoms with Crippen molar-refractivity contribution in [3.05, 3.63) is 42.5 Å². The monoisotopic (exact) mass is 284 g/mol. The molecular formula is C15H20N6. The van der Waals surface area contributed by atoms with Gasteiger partial charge in [0.15, 0.2) is 5.96 Å². The van der Waals surface area contributed by atoms with Crippen molar-refractivity contribution >= 4 is 5.96 Å². The maximum atomic E-state index is 5.89. The van der Waals surface area contributed by atoms with Crippen molar-refractivity contribution in [1.29, 1.82) is 0 Å². The van der Waals surface area contributed by atoms with Crippen LogP contribution in [0.3, 0.4) is 0 Å². The van der Waals surface area contributed by atoms with Crippen molar-refractivity contribution in [3.8, 4) is 5.69 Å². The van der Waals surface area contributed by atoms with E-state index in [0.717, 1.165) is 23.7 Å². The van der Waals surface area contributed by atoms with Crippen molar-refractivity contribution in [2.75, 3.05) is 6.54 Å². The Balaban J connectivity index is 1.58. The number of hydrogen-bond acceptors (Lipinski definition) is 3. The van der Waals surface area contributed by atoms with Crippen LogP contribution in [0.1, 0.15) is 24.8 Å².